The normalized spacial score (nSPS) is 13.8. The van der Waals surface area contributed by atoms with Gasteiger partial charge in [0, 0.05) is 17.3 Å². The average Bonchev–Trinajstić information content (AvgIpc) is 3.17. The van der Waals surface area contributed by atoms with E-state index in [1.165, 1.54) is 0 Å². The lowest BCUT2D eigenvalue weighted by atomic mass is 10.2. The number of nitrogens with one attached hydrogen (secondary N) is 2. The van der Waals surface area contributed by atoms with Crippen molar-refractivity contribution in [3.8, 4) is 0 Å². The van der Waals surface area contributed by atoms with Crippen LogP contribution < -0.4 is 10.6 Å². The Hall–Kier alpha value is -1.99. The third kappa shape index (κ3) is 3.56. The standard InChI is InChI=1S/C13H11ClN4O2S/c14-13-18-17-12(21-13)11(20)16-9-3-1-2-7(6-9)10(19)15-8-4-5-8/h1-3,6,8H,4-5H2,(H,15,19)(H,16,20). The molecule has 1 aromatic heterocycles. The second kappa shape index (κ2) is 5.79. The van der Waals surface area contributed by atoms with Crippen molar-refractivity contribution in [2.75, 3.05) is 5.32 Å². The van der Waals surface area contributed by atoms with Crippen molar-refractivity contribution in [1.82, 2.24) is 15.5 Å². The third-order valence-electron chi connectivity index (χ3n) is 2.89. The topological polar surface area (TPSA) is 84.0 Å². The van der Waals surface area contributed by atoms with Crippen LogP contribution in [-0.2, 0) is 0 Å². The minimum atomic E-state index is -0.404. The molecule has 8 heteroatoms. The van der Waals surface area contributed by atoms with Crippen LogP contribution in [0.4, 0.5) is 5.69 Å². The predicted molar refractivity (Wildman–Crippen MR) is 79.8 cm³/mol. The van der Waals surface area contributed by atoms with Crippen molar-refractivity contribution < 1.29 is 9.59 Å². The lowest BCUT2D eigenvalue weighted by Crippen LogP contribution is -2.25. The predicted octanol–water partition coefficient (Wildman–Crippen LogP) is 2.34. The Balaban J connectivity index is 1.70. The fourth-order valence-electron chi connectivity index (χ4n) is 1.72. The van der Waals surface area contributed by atoms with E-state index >= 15 is 0 Å². The van der Waals surface area contributed by atoms with E-state index in [1.54, 1.807) is 24.3 Å². The number of anilines is 1. The van der Waals surface area contributed by atoms with Gasteiger partial charge in [-0.2, -0.15) is 0 Å². The van der Waals surface area contributed by atoms with Crippen molar-refractivity contribution in [2.24, 2.45) is 0 Å². The molecule has 1 saturated carbocycles. The van der Waals surface area contributed by atoms with Crippen LogP contribution in [0.3, 0.4) is 0 Å². The number of benzene rings is 1. The summed E-state index contributed by atoms with van der Waals surface area (Å²) in [6.07, 6.45) is 2.06. The number of aromatic nitrogens is 2. The molecule has 0 radical (unpaired) electrons. The summed E-state index contributed by atoms with van der Waals surface area (Å²) >= 11 is 6.63. The monoisotopic (exact) mass is 322 g/mol. The molecule has 0 spiro atoms. The van der Waals surface area contributed by atoms with Crippen LogP contribution in [0.15, 0.2) is 24.3 Å². The van der Waals surface area contributed by atoms with Crippen LogP contribution in [0.2, 0.25) is 4.47 Å². The van der Waals surface area contributed by atoms with E-state index in [2.05, 4.69) is 20.8 Å². The quantitative estimate of drug-likeness (QED) is 0.905. The smallest absolute Gasteiger partial charge is 0.286 e. The zero-order valence-electron chi connectivity index (χ0n) is 10.8. The molecule has 0 atom stereocenters. The molecule has 21 heavy (non-hydrogen) atoms. The van der Waals surface area contributed by atoms with Crippen molar-refractivity contribution in [3.05, 3.63) is 39.3 Å². The van der Waals surface area contributed by atoms with E-state index in [9.17, 15) is 9.59 Å². The molecule has 1 aliphatic rings. The van der Waals surface area contributed by atoms with E-state index in [1.807, 2.05) is 0 Å². The Kier molecular flexibility index (Phi) is 3.85. The highest BCUT2D eigenvalue weighted by Crippen LogP contribution is 2.20. The molecular formula is C13H11ClN4O2S. The molecule has 2 amide bonds. The molecule has 1 fully saturated rings. The molecule has 1 heterocycles. The number of rotatable bonds is 4. The fourth-order valence-corrected chi connectivity index (χ4v) is 2.44. The summed E-state index contributed by atoms with van der Waals surface area (Å²) < 4.78 is 0.206. The van der Waals surface area contributed by atoms with E-state index in [0.717, 1.165) is 24.2 Å². The zero-order valence-corrected chi connectivity index (χ0v) is 12.4. The number of nitrogens with zero attached hydrogens (tertiary/aromatic N) is 2. The minimum Gasteiger partial charge on any atom is -0.349 e. The summed E-state index contributed by atoms with van der Waals surface area (Å²) in [6, 6.07) is 7.03. The molecule has 0 aliphatic heterocycles. The van der Waals surface area contributed by atoms with Gasteiger partial charge >= 0.3 is 0 Å². The van der Waals surface area contributed by atoms with Crippen LogP contribution >= 0.6 is 22.9 Å². The average molecular weight is 323 g/mol. The molecule has 0 bridgehead atoms. The maximum absolute atomic E-state index is 11.9. The number of hydrogen-bond acceptors (Lipinski definition) is 5. The molecule has 2 N–H and O–H groups in total. The fraction of sp³-hybridized carbons (Fsp3) is 0.231. The van der Waals surface area contributed by atoms with E-state index in [4.69, 9.17) is 11.6 Å². The summed E-state index contributed by atoms with van der Waals surface area (Å²) in [4.78, 5) is 23.9. The first-order valence-corrected chi connectivity index (χ1v) is 7.52. The highest BCUT2D eigenvalue weighted by Gasteiger charge is 2.23. The molecule has 6 nitrogen and oxygen atoms in total. The van der Waals surface area contributed by atoms with E-state index < -0.39 is 5.91 Å². The minimum absolute atomic E-state index is 0.132. The van der Waals surface area contributed by atoms with Gasteiger partial charge in [-0.3, -0.25) is 9.59 Å². The highest BCUT2D eigenvalue weighted by atomic mass is 35.5. The van der Waals surface area contributed by atoms with Crippen LogP contribution in [0, 0.1) is 0 Å². The lowest BCUT2D eigenvalue weighted by Gasteiger charge is -2.06. The molecule has 1 aromatic carbocycles. The van der Waals surface area contributed by atoms with Gasteiger partial charge in [0.15, 0.2) is 0 Å². The van der Waals surface area contributed by atoms with Gasteiger partial charge in [0.25, 0.3) is 11.8 Å². The Morgan fingerprint density at radius 1 is 1.24 bits per heavy atom. The summed E-state index contributed by atoms with van der Waals surface area (Å²) in [7, 11) is 0. The van der Waals surface area contributed by atoms with Crippen molar-refractivity contribution >= 4 is 40.4 Å². The first-order valence-electron chi connectivity index (χ1n) is 6.33. The highest BCUT2D eigenvalue weighted by molar-refractivity contribution is 7.17. The number of halogens is 1. The second-order valence-corrected chi connectivity index (χ2v) is 6.20. The first-order chi connectivity index (χ1) is 10.1. The number of carbonyl (C=O) groups is 2. The first kappa shape index (κ1) is 14.0. The Morgan fingerprint density at radius 2 is 2.05 bits per heavy atom. The van der Waals surface area contributed by atoms with Gasteiger partial charge < -0.3 is 10.6 Å². The molecular weight excluding hydrogens is 312 g/mol. The van der Waals surface area contributed by atoms with E-state index in [0.29, 0.717) is 17.3 Å². The van der Waals surface area contributed by atoms with Crippen molar-refractivity contribution in [1.29, 1.82) is 0 Å². The molecule has 0 unspecified atom stereocenters. The van der Waals surface area contributed by atoms with E-state index in [-0.39, 0.29) is 15.4 Å². The molecule has 3 rings (SSSR count). The van der Waals surface area contributed by atoms with Gasteiger partial charge in [-0.05, 0) is 42.6 Å². The molecule has 1 aliphatic carbocycles. The van der Waals surface area contributed by atoms with Crippen LogP contribution in [-0.4, -0.2) is 28.1 Å². The van der Waals surface area contributed by atoms with Gasteiger partial charge in [-0.25, -0.2) is 0 Å². The summed E-state index contributed by atoms with van der Waals surface area (Å²) in [5.74, 6) is -0.535. The summed E-state index contributed by atoms with van der Waals surface area (Å²) in [5, 5.41) is 13.0. The summed E-state index contributed by atoms with van der Waals surface area (Å²) in [6.45, 7) is 0. The van der Waals surface area contributed by atoms with Crippen LogP contribution in [0.1, 0.15) is 33.0 Å². The van der Waals surface area contributed by atoms with Gasteiger partial charge in [-0.1, -0.05) is 17.4 Å². The van der Waals surface area contributed by atoms with Gasteiger partial charge in [0.2, 0.25) is 9.47 Å². The lowest BCUT2D eigenvalue weighted by molar-refractivity contribution is 0.0949. The second-order valence-electron chi connectivity index (χ2n) is 4.64. The maximum atomic E-state index is 11.9. The number of hydrogen-bond donors (Lipinski definition) is 2. The van der Waals surface area contributed by atoms with Crippen LogP contribution in [0.25, 0.3) is 0 Å². The SMILES string of the molecule is O=C(NC1CC1)c1cccc(NC(=O)c2nnc(Cl)s2)c1. The molecule has 108 valence electrons. The Bertz CT molecular complexity index is 699. The zero-order chi connectivity index (χ0) is 14.8. The van der Waals surface area contributed by atoms with Gasteiger partial charge in [-0.15, -0.1) is 10.2 Å². The molecule has 2 aromatic rings. The van der Waals surface area contributed by atoms with Crippen molar-refractivity contribution in [3.63, 3.8) is 0 Å². The van der Waals surface area contributed by atoms with Gasteiger partial charge in [0.1, 0.15) is 0 Å². The molecule has 0 saturated heterocycles. The maximum Gasteiger partial charge on any atom is 0.286 e. The van der Waals surface area contributed by atoms with Crippen molar-refractivity contribution in [2.45, 2.75) is 18.9 Å². The Labute approximate surface area is 129 Å². The van der Waals surface area contributed by atoms with Crippen LogP contribution in [0.5, 0.6) is 0 Å². The number of carbonyl (C=O) groups excluding carboxylic acids is 2. The Morgan fingerprint density at radius 3 is 2.71 bits per heavy atom. The largest absolute Gasteiger partial charge is 0.349 e. The summed E-state index contributed by atoms with van der Waals surface area (Å²) in [5.41, 5.74) is 1.03. The third-order valence-corrected chi connectivity index (χ3v) is 3.91. The number of amides is 2. The van der Waals surface area contributed by atoms with Gasteiger partial charge in [0.05, 0.1) is 0 Å².